The number of carbonyl (C=O) groups excluding carboxylic acids is 2. The van der Waals surface area contributed by atoms with Gasteiger partial charge in [-0.15, -0.1) is 0 Å². The lowest BCUT2D eigenvalue weighted by molar-refractivity contribution is -0.193. The molecule has 0 unspecified atom stereocenters. The van der Waals surface area contributed by atoms with Crippen LogP contribution in [0.5, 0.6) is 5.75 Å². The van der Waals surface area contributed by atoms with Gasteiger partial charge in [0, 0.05) is 0 Å². The molecule has 0 spiro atoms. The van der Waals surface area contributed by atoms with Gasteiger partial charge in [-0.05, 0) is 30.2 Å². The number of halogens is 7. The second kappa shape index (κ2) is 7.18. The summed E-state index contributed by atoms with van der Waals surface area (Å²) < 4.78 is 105. The van der Waals surface area contributed by atoms with Crippen LogP contribution in [0.25, 0.3) is 11.1 Å². The lowest BCUT2D eigenvalue weighted by Gasteiger charge is -2.33. The van der Waals surface area contributed by atoms with E-state index in [9.17, 15) is 40.3 Å². The van der Waals surface area contributed by atoms with Crippen LogP contribution >= 0.6 is 0 Å². The van der Waals surface area contributed by atoms with E-state index in [1.54, 1.807) is 0 Å². The van der Waals surface area contributed by atoms with Crippen LogP contribution in [-0.2, 0) is 14.3 Å². The van der Waals surface area contributed by atoms with Crippen LogP contribution in [0.4, 0.5) is 36.4 Å². The van der Waals surface area contributed by atoms with E-state index in [0.717, 1.165) is 20.1 Å². The van der Waals surface area contributed by atoms with E-state index in [1.165, 1.54) is 0 Å². The average Bonchev–Trinajstić information content (AvgIpc) is 2.69. The van der Waals surface area contributed by atoms with Crippen molar-refractivity contribution < 1.29 is 49.8 Å². The minimum Gasteiger partial charge on any atom is -0.468 e. The van der Waals surface area contributed by atoms with Crippen molar-refractivity contribution in [1.82, 2.24) is 0 Å². The summed E-state index contributed by atoms with van der Waals surface area (Å²) in [7, 11) is 0.918. The zero-order chi connectivity index (χ0) is 22.5. The molecular formula is C18H10F7NO4. The molecule has 1 aliphatic rings. The third kappa shape index (κ3) is 3.21. The molecule has 160 valence electrons. The average molecular weight is 437 g/mol. The van der Waals surface area contributed by atoms with Crippen molar-refractivity contribution >= 4 is 17.6 Å². The zero-order valence-corrected chi connectivity index (χ0v) is 15.1. The van der Waals surface area contributed by atoms with Crippen molar-refractivity contribution in [2.45, 2.75) is 13.0 Å². The highest BCUT2D eigenvalue weighted by Gasteiger charge is 2.51. The van der Waals surface area contributed by atoms with Gasteiger partial charge in [0.05, 0.1) is 18.4 Å². The summed E-state index contributed by atoms with van der Waals surface area (Å²) in [5, 5.41) is 0. The Hall–Kier alpha value is -3.31. The van der Waals surface area contributed by atoms with Crippen LogP contribution in [0.3, 0.4) is 0 Å². The molecule has 0 saturated carbocycles. The smallest absolute Gasteiger partial charge is 0.468 e. The monoisotopic (exact) mass is 437 g/mol. The molecule has 0 saturated heterocycles. The van der Waals surface area contributed by atoms with Crippen molar-refractivity contribution in [1.29, 1.82) is 0 Å². The van der Waals surface area contributed by atoms with Gasteiger partial charge in [0.15, 0.2) is 29.0 Å². The van der Waals surface area contributed by atoms with Gasteiger partial charge in [-0.1, -0.05) is 0 Å². The van der Waals surface area contributed by atoms with E-state index in [1.807, 2.05) is 0 Å². The molecule has 0 atom stereocenters. The Kier molecular flexibility index (Phi) is 5.12. The molecule has 12 heteroatoms. The topological polar surface area (TPSA) is 55.8 Å². The zero-order valence-electron chi connectivity index (χ0n) is 15.1. The van der Waals surface area contributed by atoms with Gasteiger partial charge in [0.2, 0.25) is 5.82 Å². The molecule has 3 rings (SSSR count). The summed E-state index contributed by atoms with van der Waals surface area (Å²) >= 11 is 0. The SMILES string of the molecule is COC(=O)CN1C(=O)C(F)(F)Oc2cc(C)c(-c3c(F)c(F)c(F)c(F)c3F)cc21. The second-order valence-electron chi connectivity index (χ2n) is 6.17. The fourth-order valence-corrected chi connectivity index (χ4v) is 2.87. The molecule has 0 aromatic heterocycles. The molecule has 1 amide bonds. The first-order valence-electron chi connectivity index (χ1n) is 8.02. The molecule has 1 heterocycles. The summed E-state index contributed by atoms with van der Waals surface area (Å²) in [6.45, 7) is 0.108. The van der Waals surface area contributed by atoms with Gasteiger partial charge < -0.3 is 9.47 Å². The summed E-state index contributed by atoms with van der Waals surface area (Å²) in [5.41, 5.74) is -2.70. The summed E-state index contributed by atoms with van der Waals surface area (Å²) in [6.07, 6.45) is -4.38. The maximum atomic E-state index is 14.2. The number of hydrogen-bond donors (Lipinski definition) is 0. The maximum absolute atomic E-state index is 14.2. The van der Waals surface area contributed by atoms with Crippen LogP contribution in [0.1, 0.15) is 5.56 Å². The fourth-order valence-electron chi connectivity index (χ4n) is 2.87. The minimum absolute atomic E-state index is 0.208. The summed E-state index contributed by atoms with van der Waals surface area (Å²) in [4.78, 5) is 23.8. The molecule has 2 aromatic carbocycles. The molecule has 0 N–H and O–H groups in total. The number of alkyl halides is 2. The number of fused-ring (bicyclic) bond motifs is 1. The molecule has 2 aromatic rings. The second-order valence-corrected chi connectivity index (χ2v) is 6.17. The van der Waals surface area contributed by atoms with E-state index in [0.29, 0.717) is 6.07 Å². The molecule has 0 radical (unpaired) electrons. The third-order valence-corrected chi connectivity index (χ3v) is 4.32. The third-order valence-electron chi connectivity index (χ3n) is 4.32. The quantitative estimate of drug-likeness (QED) is 0.317. The largest absolute Gasteiger partial charge is 0.482 e. The van der Waals surface area contributed by atoms with Crippen LogP contribution < -0.4 is 9.64 Å². The molecule has 1 aliphatic heterocycles. The summed E-state index contributed by atoms with van der Waals surface area (Å²) in [6, 6.07) is 1.52. The first-order chi connectivity index (χ1) is 13.9. The predicted octanol–water partition coefficient (Wildman–Crippen LogP) is 3.85. The van der Waals surface area contributed by atoms with Crippen molar-refractivity contribution in [2.75, 3.05) is 18.6 Å². The van der Waals surface area contributed by atoms with Crippen molar-refractivity contribution in [3.05, 3.63) is 46.8 Å². The Labute approximate surface area is 163 Å². The van der Waals surface area contributed by atoms with Crippen molar-refractivity contribution in [3.8, 4) is 16.9 Å². The number of rotatable bonds is 3. The number of ether oxygens (including phenoxy) is 2. The van der Waals surface area contributed by atoms with E-state index in [-0.39, 0.29) is 10.5 Å². The van der Waals surface area contributed by atoms with Crippen molar-refractivity contribution in [3.63, 3.8) is 0 Å². The molecule has 0 aliphatic carbocycles. The van der Waals surface area contributed by atoms with E-state index in [2.05, 4.69) is 9.47 Å². The van der Waals surface area contributed by atoms with Crippen LogP contribution in [0.15, 0.2) is 12.1 Å². The minimum atomic E-state index is -4.38. The molecule has 0 bridgehead atoms. The number of anilines is 1. The number of nitrogens with zero attached hydrogens (tertiary/aromatic N) is 1. The first kappa shape index (κ1) is 21.4. The molecule has 5 nitrogen and oxygen atoms in total. The van der Waals surface area contributed by atoms with Gasteiger partial charge in [-0.2, -0.15) is 8.78 Å². The number of hydrogen-bond acceptors (Lipinski definition) is 4. The summed E-state index contributed by atoms with van der Waals surface area (Å²) in [5.74, 6) is -14.9. The Morgan fingerprint density at radius 1 is 1.03 bits per heavy atom. The maximum Gasteiger partial charge on any atom is 0.482 e. The first-order valence-corrected chi connectivity index (χ1v) is 8.02. The van der Waals surface area contributed by atoms with Gasteiger partial charge in [0.1, 0.15) is 6.54 Å². The highest BCUT2D eigenvalue weighted by atomic mass is 19.3. The highest BCUT2D eigenvalue weighted by Crippen LogP contribution is 2.44. The van der Waals surface area contributed by atoms with Gasteiger partial charge in [-0.25, -0.2) is 22.0 Å². The van der Waals surface area contributed by atoms with Gasteiger partial charge in [0.25, 0.3) is 0 Å². The lowest BCUT2D eigenvalue weighted by Crippen LogP contribution is -2.52. The normalized spacial score (nSPS) is 15.0. The Morgan fingerprint density at radius 2 is 1.57 bits per heavy atom. The molecule has 0 fully saturated rings. The standard InChI is InChI=1S/C18H10F7NO4/c1-6-3-9-8(26(5-10(27)29-2)17(28)18(24,25)30-9)4-7(6)11-12(19)14(21)16(23)15(22)13(11)20/h3-4H,5H2,1-2H3. The van der Waals surface area contributed by atoms with Gasteiger partial charge >= 0.3 is 18.0 Å². The Balaban J connectivity index is 2.29. The number of methoxy groups -OCH3 is 1. The number of aryl methyl sites for hydroxylation is 1. The number of amides is 1. The highest BCUT2D eigenvalue weighted by molar-refractivity contribution is 6.04. The predicted molar refractivity (Wildman–Crippen MR) is 86.3 cm³/mol. The number of esters is 1. The van der Waals surface area contributed by atoms with E-state index in [4.69, 9.17) is 0 Å². The van der Waals surface area contributed by atoms with E-state index >= 15 is 0 Å². The molecule has 30 heavy (non-hydrogen) atoms. The van der Waals surface area contributed by atoms with Crippen LogP contribution in [0.2, 0.25) is 0 Å². The van der Waals surface area contributed by atoms with Crippen LogP contribution in [0, 0.1) is 36.0 Å². The number of benzene rings is 2. The van der Waals surface area contributed by atoms with Crippen molar-refractivity contribution in [2.24, 2.45) is 0 Å². The Bertz CT molecular complexity index is 1060. The van der Waals surface area contributed by atoms with E-state index < -0.39 is 76.2 Å². The fraction of sp³-hybridized carbons (Fsp3) is 0.222. The lowest BCUT2D eigenvalue weighted by atomic mass is 9.96. The van der Waals surface area contributed by atoms with Gasteiger partial charge in [-0.3, -0.25) is 14.5 Å². The van der Waals surface area contributed by atoms with Crippen LogP contribution in [-0.4, -0.2) is 31.6 Å². The molecular weight excluding hydrogens is 427 g/mol. The number of carbonyl (C=O) groups is 2. The Morgan fingerprint density at radius 3 is 2.10 bits per heavy atom.